The van der Waals surface area contributed by atoms with Crippen LogP contribution in [-0.4, -0.2) is 40.5 Å². The first-order chi connectivity index (χ1) is 16.4. The van der Waals surface area contributed by atoms with E-state index < -0.39 is 11.2 Å². The molecule has 0 spiro atoms. The molecule has 2 amide bonds. The normalized spacial score (nSPS) is 21.7. The number of rotatable bonds is 4. The maximum absolute atomic E-state index is 13.3. The van der Waals surface area contributed by atoms with Crippen molar-refractivity contribution in [3.63, 3.8) is 0 Å². The molecule has 0 N–H and O–H groups in total. The van der Waals surface area contributed by atoms with E-state index in [0.29, 0.717) is 17.9 Å². The Labute approximate surface area is 204 Å². The van der Waals surface area contributed by atoms with E-state index in [-0.39, 0.29) is 29.4 Å². The van der Waals surface area contributed by atoms with E-state index in [1.54, 1.807) is 16.7 Å². The molecule has 6 nitrogen and oxygen atoms in total. The van der Waals surface area contributed by atoms with Gasteiger partial charge in [0.15, 0.2) is 4.90 Å². The van der Waals surface area contributed by atoms with Crippen molar-refractivity contribution in [3.8, 4) is 11.1 Å². The number of hydrogen-bond donors (Lipinski definition) is 0. The van der Waals surface area contributed by atoms with Crippen molar-refractivity contribution in [2.45, 2.75) is 81.1 Å². The van der Waals surface area contributed by atoms with E-state index >= 15 is 0 Å². The maximum Gasteiger partial charge on any atom is 0.414 e. The average Bonchev–Trinajstić information content (AvgIpc) is 3.69. The van der Waals surface area contributed by atoms with E-state index in [0.717, 1.165) is 54.5 Å². The molecule has 0 saturated heterocycles. The van der Waals surface area contributed by atoms with Crippen LogP contribution >= 0.6 is 0 Å². The Kier molecular flexibility index (Phi) is 6.58. The van der Waals surface area contributed by atoms with Gasteiger partial charge in [-0.15, -0.1) is 0 Å². The Morgan fingerprint density at radius 3 is 2.41 bits per heavy atom. The monoisotopic (exact) mass is 480 g/mol. The third-order valence-corrected chi connectivity index (χ3v) is 8.81. The fraction of sp³-hybridized carbons (Fsp3) is 0.481. The molecule has 7 heteroatoms. The molecule has 3 aliphatic rings. The number of amides is 2. The third kappa shape index (κ3) is 4.68. The van der Waals surface area contributed by atoms with Crippen LogP contribution in [0.25, 0.3) is 11.1 Å². The van der Waals surface area contributed by atoms with E-state index in [9.17, 15) is 14.1 Å². The lowest BCUT2D eigenvalue weighted by atomic mass is 9.98. The van der Waals surface area contributed by atoms with Crippen LogP contribution in [0.15, 0.2) is 47.4 Å². The van der Waals surface area contributed by atoms with Crippen LogP contribution in [0.4, 0.5) is 16.2 Å². The SMILES string of the molecule is CC(=O)N1c2ccc(-c3cccc([S+]([O-])C4CC4)c3)cc2N(C(=O)OC2CCCCC2)CC1C. The average molecular weight is 481 g/mol. The molecule has 2 saturated carbocycles. The zero-order valence-corrected chi connectivity index (χ0v) is 20.7. The molecule has 180 valence electrons. The number of hydrogen-bond acceptors (Lipinski definition) is 4. The highest BCUT2D eigenvalue weighted by atomic mass is 32.2. The topological polar surface area (TPSA) is 72.9 Å². The Hall–Kier alpha value is -2.51. The molecule has 5 rings (SSSR count). The van der Waals surface area contributed by atoms with E-state index in [1.807, 2.05) is 49.4 Å². The summed E-state index contributed by atoms with van der Waals surface area (Å²) in [7, 11) is 0. The zero-order chi connectivity index (χ0) is 23.8. The highest BCUT2D eigenvalue weighted by molar-refractivity contribution is 7.92. The Balaban J connectivity index is 1.49. The Morgan fingerprint density at radius 2 is 1.71 bits per heavy atom. The van der Waals surface area contributed by atoms with E-state index in [1.165, 1.54) is 6.42 Å². The molecule has 1 aliphatic heterocycles. The first kappa shape index (κ1) is 23.2. The number of benzene rings is 2. The second kappa shape index (κ2) is 9.62. The lowest BCUT2D eigenvalue weighted by Crippen LogP contribution is -2.52. The number of nitrogens with zero attached hydrogens (tertiary/aromatic N) is 2. The number of anilines is 2. The van der Waals surface area contributed by atoms with Crippen LogP contribution in [0, 0.1) is 0 Å². The van der Waals surface area contributed by atoms with Gasteiger partial charge < -0.3 is 14.2 Å². The van der Waals surface area contributed by atoms with Gasteiger partial charge in [-0.1, -0.05) is 24.6 Å². The maximum atomic E-state index is 13.3. The molecule has 2 aromatic carbocycles. The molecule has 34 heavy (non-hydrogen) atoms. The van der Waals surface area contributed by atoms with Crippen LogP contribution in [0.1, 0.15) is 58.8 Å². The minimum Gasteiger partial charge on any atom is -0.611 e. The Bertz CT molecular complexity index is 1080. The van der Waals surface area contributed by atoms with Crippen LogP contribution in [0.2, 0.25) is 0 Å². The van der Waals surface area contributed by atoms with Crippen molar-refractivity contribution in [1.82, 2.24) is 0 Å². The summed E-state index contributed by atoms with van der Waals surface area (Å²) < 4.78 is 18.6. The number of ether oxygens (including phenoxy) is 1. The summed E-state index contributed by atoms with van der Waals surface area (Å²) >= 11 is -0.983. The third-order valence-electron chi connectivity index (χ3n) is 7.02. The van der Waals surface area contributed by atoms with Crippen LogP contribution in [-0.2, 0) is 20.7 Å². The molecule has 2 fully saturated rings. The smallest absolute Gasteiger partial charge is 0.414 e. The summed E-state index contributed by atoms with van der Waals surface area (Å²) in [4.78, 5) is 30.0. The predicted octanol–water partition coefficient (Wildman–Crippen LogP) is 5.65. The summed E-state index contributed by atoms with van der Waals surface area (Å²) in [5.74, 6) is -0.0522. The van der Waals surface area contributed by atoms with Crippen molar-refractivity contribution in [1.29, 1.82) is 0 Å². The lowest BCUT2D eigenvalue weighted by molar-refractivity contribution is -0.117. The first-order valence-corrected chi connectivity index (χ1v) is 13.6. The van der Waals surface area contributed by atoms with Gasteiger partial charge in [0, 0.05) is 32.4 Å². The van der Waals surface area contributed by atoms with Gasteiger partial charge in [-0.25, -0.2) is 4.79 Å². The lowest BCUT2D eigenvalue weighted by Gasteiger charge is -2.41. The van der Waals surface area contributed by atoms with Crippen molar-refractivity contribution in [2.24, 2.45) is 0 Å². The minimum absolute atomic E-state index is 0.0388. The van der Waals surface area contributed by atoms with Crippen molar-refractivity contribution >= 4 is 34.6 Å². The largest absolute Gasteiger partial charge is 0.611 e. The van der Waals surface area contributed by atoms with Crippen molar-refractivity contribution < 1.29 is 18.9 Å². The number of carbonyl (C=O) groups excluding carboxylic acids is 2. The minimum atomic E-state index is -0.983. The van der Waals surface area contributed by atoms with Gasteiger partial charge in [-0.05, 0) is 73.1 Å². The molecular weight excluding hydrogens is 448 g/mol. The standard InChI is InChI=1S/C27H32N2O4S/c1-18-17-28(27(31)33-22-8-4-3-5-9-22)26-16-21(11-14-25(26)29(18)19(2)30)20-7-6-10-24(15-20)34(32)23-12-13-23/h6-7,10-11,14-16,18,22-23H,3-5,8-9,12-13,17H2,1-2H3. The Morgan fingerprint density at radius 1 is 0.971 bits per heavy atom. The van der Waals surface area contributed by atoms with Crippen molar-refractivity contribution in [3.05, 3.63) is 42.5 Å². The predicted molar refractivity (Wildman–Crippen MR) is 135 cm³/mol. The van der Waals surface area contributed by atoms with Gasteiger partial charge >= 0.3 is 6.09 Å². The van der Waals surface area contributed by atoms with Gasteiger partial charge in [0.05, 0.1) is 17.4 Å². The molecule has 2 unspecified atom stereocenters. The summed E-state index contributed by atoms with van der Waals surface area (Å²) in [5.41, 5.74) is 3.26. The molecule has 1 heterocycles. The summed E-state index contributed by atoms with van der Waals surface area (Å²) in [6, 6.07) is 13.5. The second-order valence-corrected chi connectivity index (χ2v) is 11.5. The van der Waals surface area contributed by atoms with Gasteiger partial charge in [-0.2, -0.15) is 0 Å². The zero-order valence-electron chi connectivity index (χ0n) is 19.9. The molecule has 2 aliphatic carbocycles. The second-order valence-electron chi connectivity index (χ2n) is 9.72. The number of carbonyl (C=O) groups is 2. The fourth-order valence-corrected chi connectivity index (χ4v) is 6.53. The van der Waals surface area contributed by atoms with Crippen LogP contribution in [0.3, 0.4) is 0 Å². The molecule has 2 aromatic rings. The molecule has 2 atom stereocenters. The molecule has 0 aromatic heterocycles. The van der Waals surface area contributed by atoms with Crippen LogP contribution in [0.5, 0.6) is 0 Å². The van der Waals surface area contributed by atoms with Gasteiger partial charge in [-0.3, -0.25) is 9.69 Å². The highest BCUT2D eigenvalue weighted by Crippen LogP contribution is 2.40. The molecule has 0 radical (unpaired) electrons. The van der Waals surface area contributed by atoms with Gasteiger partial charge in [0.2, 0.25) is 5.91 Å². The summed E-state index contributed by atoms with van der Waals surface area (Å²) in [5, 5.41) is 0.273. The summed E-state index contributed by atoms with van der Waals surface area (Å²) in [6.45, 7) is 3.89. The van der Waals surface area contributed by atoms with Crippen molar-refractivity contribution in [2.75, 3.05) is 16.3 Å². The molecule has 0 bridgehead atoms. The van der Waals surface area contributed by atoms with Gasteiger partial charge in [0.25, 0.3) is 0 Å². The van der Waals surface area contributed by atoms with E-state index in [4.69, 9.17) is 4.74 Å². The highest BCUT2D eigenvalue weighted by Gasteiger charge is 2.37. The molecular formula is C27H32N2O4S. The summed E-state index contributed by atoms with van der Waals surface area (Å²) in [6.07, 6.45) is 6.85. The quantitative estimate of drug-likeness (QED) is 0.530. The van der Waals surface area contributed by atoms with Crippen LogP contribution < -0.4 is 9.80 Å². The fourth-order valence-electron chi connectivity index (χ4n) is 5.12. The van der Waals surface area contributed by atoms with E-state index in [2.05, 4.69) is 0 Å². The first-order valence-electron chi connectivity index (χ1n) is 12.4. The van der Waals surface area contributed by atoms with Gasteiger partial charge in [0.1, 0.15) is 11.4 Å². The number of fused-ring (bicyclic) bond motifs is 1.